The number of alkyl carbamates (subject to hydrolysis) is 1. The third-order valence-electron chi connectivity index (χ3n) is 6.10. The van der Waals surface area contributed by atoms with E-state index in [1.807, 2.05) is 0 Å². The number of ether oxygens (including phenoxy) is 4. The molecule has 0 bridgehead atoms. The van der Waals surface area contributed by atoms with E-state index < -0.39 is 6.09 Å². The summed E-state index contributed by atoms with van der Waals surface area (Å²) in [6.45, 7) is 7.44. The highest BCUT2D eigenvalue weighted by molar-refractivity contribution is 5.67. The minimum atomic E-state index is -0.468. The fourth-order valence-electron chi connectivity index (χ4n) is 4.52. The van der Waals surface area contributed by atoms with Crippen molar-refractivity contribution >= 4 is 6.09 Å². The molecule has 0 radical (unpaired) electrons. The van der Waals surface area contributed by atoms with Gasteiger partial charge in [0.2, 0.25) is 0 Å². The second kappa shape index (κ2) is 8.07. The van der Waals surface area contributed by atoms with E-state index in [-0.39, 0.29) is 42.0 Å². The molecule has 6 atom stereocenters. The molecule has 0 aromatic rings. The Morgan fingerprint density at radius 1 is 1.41 bits per heavy atom. The zero-order valence-corrected chi connectivity index (χ0v) is 16.8. The van der Waals surface area contributed by atoms with Gasteiger partial charge in [-0.15, -0.1) is 0 Å². The van der Waals surface area contributed by atoms with Crippen LogP contribution >= 0.6 is 0 Å². The molecule has 154 valence electrons. The zero-order chi connectivity index (χ0) is 19.7. The third kappa shape index (κ3) is 4.31. The molecule has 0 aromatic carbocycles. The highest BCUT2D eigenvalue weighted by Gasteiger charge is 2.72. The number of amides is 1. The van der Waals surface area contributed by atoms with Crippen LogP contribution in [0.25, 0.3) is 0 Å². The molecule has 3 rings (SSSR count). The Kier molecular flexibility index (Phi) is 6.15. The standard InChI is InChI=1S/C20H33NO6/c1-13(2)6-7-15-19(3,27-15)17-16(24-4)14(8-9-20(17)12-25-20)26-18(23)21-10-5-11-22/h6,14-17,22H,5,7-12H2,1-4H3,(H,21,23). The molecule has 7 nitrogen and oxygen atoms in total. The van der Waals surface area contributed by atoms with Crippen LogP contribution in [0.1, 0.15) is 46.5 Å². The molecule has 3 aliphatic rings. The maximum Gasteiger partial charge on any atom is 0.407 e. The van der Waals surface area contributed by atoms with Gasteiger partial charge in [-0.2, -0.15) is 0 Å². The van der Waals surface area contributed by atoms with Crippen molar-refractivity contribution < 1.29 is 28.8 Å². The number of hydrogen-bond acceptors (Lipinski definition) is 6. The van der Waals surface area contributed by atoms with Crippen LogP contribution in [-0.4, -0.2) is 67.6 Å². The SMILES string of the molecule is COC1C(OC(=O)NCCCO)CCC2(CO2)C1C1(C)OC1CC=C(C)C. The molecule has 2 saturated heterocycles. The Morgan fingerprint density at radius 2 is 2.15 bits per heavy atom. The largest absolute Gasteiger partial charge is 0.443 e. The molecule has 2 N–H and O–H groups in total. The summed E-state index contributed by atoms with van der Waals surface area (Å²) < 4.78 is 23.5. The van der Waals surface area contributed by atoms with Crippen molar-refractivity contribution in [3.63, 3.8) is 0 Å². The molecule has 7 heteroatoms. The van der Waals surface area contributed by atoms with Crippen LogP contribution in [0.5, 0.6) is 0 Å². The average Bonchev–Trinajstić information content (AvgIpc) is 3.53. The molecule has 27 heavy (non-hydrogen) atoms. The second-order valence-corrected chi connectivity index (χ2v) is 8.33. The van der Waals surface area contributed by atoms with Gasteiger partial charge in [-0.3, -0.25) is 0 Å². The lowest BCUT2D eigenvalue weighted by Crippen LogP contribution is -2.56. The van der Waals surface area contributed by atoms with Crippen LogP contribution in [0.4, 0.5) is 4.79 Å². The average molecular weight is 383 g/mol. The summed E-state index contributed by atoms with van der Waals surface area (Å²) in [6, 6.07) is 0. The van der Waals surface area contributed by atoms with Crippen LogP contribution in [0.15, 0.2) is 11.6 Å². The molecule has 0 aromatic heterocycles. The maximum atomic E-state index is 12.1. The molecule has 1 saturated carbocycles. The van der Waals surface area contributed by atoms with Crippen molar-refractivity contribution in [2.24, 2.45) is 5.92 Å². The molecular weight excluding hydrogens is 350 g/mol. The van der Waals surface area contributed by atoms with Crippen molar-refractivity contribution in [2.75, 3.05) is 26.9 Å². The van der Waals surface area contributed by atoms with Gasteiger partial charge < -0.3 is 29.4 Å². The topological polar surface area (TPSA) is 92.9 Å². The van der Waals surface area contributed by atoms with E-state index in [9.17, 15) is 4.79 Å². The molecule has 1 spiro atoms. The summed E-state index contributed by atoms with van der Waals surface area (Å²) >= 11 is 0. The number of allylic oxidation sites excluding steroid dienone is 1. The first-order chi connectivity index (χ1) is 12.9. The van der Waals surface area contributed by atoms with Crippen molar-refractivity contribution in [1.82, 2.24) is 5.32 Å². The number of epoxide rings is 2. The van der Waals surface area contributed by atoms with Crippen LogP contribution in [0, 0.1) is 5.92 Å². The number of nitrogens with one attached hydrogen (secondary N) is 1. The van der Waals surface area contributed by atoms with Crippen LogP contribution < -0.4 is 5.32 Å². The summed E-state index contributed by atoms with van der Waals surface area (Å²) in [6.07, 6.45) is 4.17. The number of aliphatic hydroxyl groups is 1. The number of aliphatic hydroxyl groups excluding tert-OH is 1. The highest BCUT2D eigenvalue weighted by atomic mass is 16.6. The quantitative estimate of drug-likeness (QED) is 0.379. The maximum absolute atomic E-state index is 12.1. The number of hydrogen-bond donors (Lipinski definition) is 2. The van der Waals surface area contributed by atoms with E-state index in [1.165, 1.54) is 5.57 Å². The van der Waals surface area contributed by atoms with E-state index in [2.05, 4.69) is 32.2 Å². The Balaban J connectivity index is 1.68. The Morgan fingerprint density at radius 3 is 2.74 bits per heavy atom. The zero-order valence-electron chi connectivity index (χ0n) is 16.8. The predicted octanol–water partition coefficient (Wildman–Crippen LogP) is 2.17. The van der Waals surface area contributed by atoms with E-state index >= 15 is 0 Å². The number of carbonyl (C=O) groups excluding carboxylic acids is 1. The molecule has 6 unspecified atom stereocenters. The monoisotopic (exact) mass is 383 g/mol. The Labute approximate surface area is 161 Å². The van der Waals surface area contributed by atoms with Gasteiger partial charge in [0, 0.05) is 20.3 Å². The first-order valence-corrected chi connectivity index (χ1v) is 9.89. The van der Waals surface area contributed by atoms with Crippen molar-refractivity contribution in [2.45, 2.75) is 76.0 Å². The number of rotatable bonds is 8. The van der Waals surface area contributed by atoms with Gasteiger partial charge in [-0.25, -0.2) is 4.79 Å². The molecule has 1 aliphatic carbocycles. The molecule has 1 amide bonds. The van der Waals surface area contributed by atoms with Crippen molar-refractivity contribution in [3.8, 4) is 0 Å². The van der Waals surface area contributed by atoms with E-state index in [1.54, 1.807) is 7.11 Å². The summed E-state index contributed by atoms with van der Waals surface area (Å²) in [7, 11) is 1.66. The lowest BCUT2D eigenvalue weighted by molar-refractivity contribution is -0.118. The highest BCUT2D eigenvalue weighted by Crippen LogP contribution is 2.59. The number of carbonyl (C=O) groups is 1. The lowest BCUT2D eigenvalue weighted by Gasteiger charge is -2.42. The van der Waals surface area contributed by atoms with Crippen LogP contribution in [0.3, 0.4) is 0 Å². The van der Waals surface area contributed by atoms with Gasteiger partial charge >= 0.3 is 6.09 Å². The van der Waals surface area contributed by atoms with Gasteiger partial charge in [0.05, 0.1) is 18.6 Å². The van der Waals surface area contributed by atoms with Gasteiger partial charge in [0.15, 0.2) is 0 Å². The molecule has 3 fully saturated rings. The first kappa shape index (κ1) is 20.6. The fourth-order valence-corrected chi connectivity index (χ4v) is 4.52. The Hall–Kier alpha value is -1.15. The molecule has 2 heterocycles. The fraction of sp³-hybridized carbons (Fsp3) is 0.850. The van der Waals surface area contributed by atoms with Gasteiger partial charge in [-0.05, 0) is 46.5 Å². The van der Waals surface area contributed by atoms with Crippen LogP contribution in [-0.2, 0) is 18.9 Å². The van der Waals surface area contributed by atoms with Gasteiger partial charge in [0.1, 0.15) is 23.4 Å². The molecule has 2 aliphatic heterocycles. The summed E-state index contributed by atoms with van der Waals surface area (Å²) in [5.41, 5.74) is 0.721. The summed E-state index contributed by atoms with van der Waals surface area (Å²) in [5.74, 6) is 0.0227. The van der Waals surface area contributed by atoms with Gasteiger partial charge in [0.25, 0.3) is 0 Å². The summed E-state index contributed by atoms with van der Waals surface area (Å²) in [4.78, 5) is 12.1. The van der Waals surface area contributed by atoms with E-state index in [0.717, 1.165) is 12.8 Å². The smallest absolute Gasteiger partial charge is 0.407 e. The van der Waals surface area contributed by atoms with Gasteiger partial charge in [-0.1, -0.05) is 11.6 Å². The predicted molar refractivity (Wildman–Crippen MR) is 99.5 cm³/mol. The molecular formula is C20H33NO6. The minimum absolute atomic E-state index is 0.0227. The van der Waals surface area contributed by atoms with Crippen molar-refractivity contribution in [3.05, 3.63) is 11.6 Å². The lowest BCUT2D eigenvalue weighted by atomic mass is 9.68. The number of methoxy groups -OCH3 is 1. The Bertz CT molecular complexity index is 571. The van der Waals surface area contributed by atoms with Crippen molar-refractivity contribution in [1.29, 1.82) is 0 Å². The minimum Gasteiger partial charge on any atom is -0.443 e. The normalized spacial score (nSPS) is 39.7. The van der Waals surface area contributed by atoms with E-state index in [4.69, 9.17) is 24.1 Å². The first-order valence-electron chi connectivity index (χ1n) is 9.89. The second-order valence-electron chi connectivity index (χ2n) is 8.33. The van der Waals surface area contributed by atoms with Crippen LogP contribution in [0.2, 0.25) is 0 Å². The third-order valence-corrected chi connectivity index (χ3v) is 6.10. The summed E-state index contributed by atoms with van der Waals surface area (Å²) in [5, 5.41) is 11.5. The van der Waals surface area contributed by atoms with E-state index in [0.29, 0.717) is 26.0 Å².